The van der Waals surface area contributed by atoms with Crippen LogP contribution in [0.5, 0.6) is 0 Å². The summed E-state index contributed by atoms with van der Waals surface area (Å²) in [4.78, 5) is 60.1. The Hall–Kier alpha value is -2.87. The van der Waals surface area contributed by atoms with E-state index in [0.717, 1.165) is 16.2 Å². The van der Waals surface area contributed by atoms with Gasteiger partial charge in [-0.25, -0.2) is 9.78 Å². The molecule has 4 N–H and O–H groups in total. The first kappa shape index (κ1) is 21.4. The van der Waals surface area contributed by atoms with Crippen molar-refractivity contribution in [1.29, 1.82) is 0 Å². The number of amides is 2. The van der Waals surface area contributed by atoms with Gasteiger partial charge in [0.05, 0.1) is 11.3 Å². The van der Waals surface area contributed by atoms with Crippen molar-refractivity contribution in [3.05, 3.63) is 11.1 Å². The molecule has 3 fully saturated rings. The van der Waals surface area contributed by atoms with Crippen LogP contribution in [-0.4, -0.2) is 74.5 Å². The number of fused-ring (bicyclic) bond motifs is 3. The van der Waals surface area contributed by atoms with Crippen LogP contribution >= 0.6 is 23.1 Å². The Morgan fingerprint density at radius 1 is 1.45 bits per heavy atom. The molecule has 0 saturated carbocycles. The van der Waals surface area contributed by atoms with E-state index in [1.54, 1.807) is 13.8 Å². The molecule has 0 aliphatic carbocycles. The molecule has 4 heterocycles. The van der Waals surface area contributed by atoms with Gasteiger partial charge in [0.1, 0.15) is 24.2 Å². The highest BCUT2D eigenvalue weighted by molar-refractivity contribution is 8.00. The Morgan fingerprint density at radius 3 is 2.74 bits per heavy atom. The Kier molecular flexibility index (Phi) is 4.88. The summed E-state index contributed by atoms with van der Waals surface area (Å²) < 4.78 is 5.32. The minimum atomic E-state index is -2.10. The number of carbonyl (C=O) groups excluding carboxylic acids is 3. The number of hydrogen-bond donors (Lipinski definition) is 3. The molecule has 0 aromatic carbocycles. The van der Waals surface area contributed by atoms with Gasteiger partial charge in [0.15, 0.2) is 10.8 Å². The maximum Gasteiger partial charge on any atom is 0.370 e. The SMILES string of the molecule is CO/N=C(\C(=O)N[C@@H]1C(=O)N2[C@@H]1SCC1C(C)(C)C(=O)OC12C(=O)O)c1csc(N)n1. The molecule has 4 rings (SSSR count). The third-order valence-corrected chi connectivity index (χ3v) is 7.73. The van der Waals surface area contributed by atoms with Crippen LogP contribution in [0.25, 0.3) is 0 Å². The Morgan fingerprint density at radius 2 is 2.16 bits per heavy atom. The lowest BCUT2D eigenvalue weighted by Crippen LogP contribution is -2.81. The molecule has 31 heavy (non-hydrogen) atoms. The smallest absolute Gasteiger partial charge is 0.370 e. The fourth-order valence-electron chi connectivity index (χ4n) is 4.03. The number of nitrogens with one attached hydrogen (secondary N) is 1. The number of nitrogen functional groups attached to an aromatic ring is 1. The predicted octanol–water partition coefficient (Wildman–Crippen LogP) is -0.544. The number of thiazole rings is 1. The average Bonchev–Trinajstić information content (AvgIpc) is 3.22. The van der Waals surface area contributed by atoms with Gasteiger partial charge in [-0.3, -0.25) is 19.3 Å². The number of aromatic nitrogens is 1. The maximum atomic E-state index is 13.0. The molecule has 1 aromatic rings. The topological polar surface area (TPSA) is 174 Å². The number of aliphatic carboxylic acids is 1. The third-order valence-electron chi connectivity index (χ3n) is 5.71. The number of thioether (sulfide) groups is 1. The van der Waals surface area contributed by atoms with Crippen LogP contribution < -0.4 is 11.1 Å². The van der Waals surface area contributed by atoms with Gasteiger partial charge in [-0.05, 0) is 13.8 Å². The number of β-lactam (4-membered cyclic amide) rings is 1. The van der Waals surface area contributed by atoms with Gasteiger partial charge in [0, 0.05) is 11.1 Å². The van der Waals surface area contributed by atoms with Crippen LogP contribution in [0.1, 0.15) is 19.5 Å². The van der Waals surface area contributed by atoms with E-state index in [1.165, 1.54) is 24.3 Å². The molecule has 12 nitrogen and oxygen atoms in total. The van der Waals surface area contributed by atoms with E-state index in [-0.39, 0.29) is 22.3 Å². The molecule has 3 aliphatic rings. The normalized spacial score (nSPS) is 31.3. The van der Waals surface area contributed by atoms with E-state index >= 15 is 0 Å². The molecule has 2 amide bonds. The minimum Gasteiger partial charge on any atom is -0.477 e. The van der Waals surface area contributed by atoms with Crippen LogP contribution in [0, 0.1) is 11.3 Å². The summed E-state index contributed by atoms with van der Waals surface area (Å²) in [7, 11) is 1.25. The highest BCUT2D eigenvalue weighted by atomic mass is 32.2. The summed E-state index contributed by atoms with van der Waals surface area (Å²) in [6.07, 6.45) is 0. The lowest BCUT2D eigenvalue weighted by atomic mass is 9.74. The fourth-order valence-corrected chi connectivity index (χ4v) is 6.39. The highest BCUT2D eigenvalue weighted by Gasteiger charge is 2.75. The number of oxime groups is 1. The quantitative estimate of drug-likeness (QED) is 0.220. The van der Waals surface area contributed by atoms with Crippen LogP contribution in [-0.2, 0) is 28.8 Å². The Bertz CT molecular complexity index is 1020. The van der Waals surface area contributed by atoms with Crippen molar-refractivity contribution < 1.29 is 33.9 Å². The molecule has 0 spiro atoms. The second-order valence-corrected chi connectivity index (χ2v) is 9.78. The first-order valence-electron chi connectivity index (χ1n) is 9.10. The molecule has 14 heteroatoms. The number of rotatable bonds is 5. The molecular weight excluding hydrogens is 450 g/mol. The molecule has 1 aromatic heterocycles. The second-order valence-electron chi connectivity index (χ2n) is 7.74. The predicted molar refractivity (Wildman–Crippen MR) is 109 cm³/mol. The number of esters is 1. The van der Waals surface area contributed by atoms with Crippen molar-refractivity contribution >= 4 is 57.7 Å². The maximum absolute atomic E-state index is 13.0. The minimum absolute atomic E-state index is 0.176. The first-order chi connectivity index (χ1) is 14.6. The molecule has 0 bridgehead atoms. The largest absolute Gasteiger partial charge is 0.477 e. The second kappa shape index (κ2) is 7.09. The fraction of sp³-hybridized carbons (Fsp3) is 0.529. The molecule has 2 unspecified atom stereocenters. The Labute approximate surface area is 184 Å². The summed E-state index contributed by atoms with van der Waals surface area (Å²) in [5, 5.41) is 17.2. The molecular formula is C17H19N5O7S2. The van der Waals surface area contributed by atoms with Crippen LogP contribution in [0.4, 0.5) is 5.13 Å². The zero-order valence-electron chi connectivity index (χ0n) is 16.6. The molecule has 166 valence electrons. The Balaban J connectivity index is 1.59. The summed E-state index contributed by atoms with van der Waals surface area (Å²) in [6.45, 7) is 3.20. The number of carbonyl (C=O) groups is 4. The highest BCUT2D eigenvalue weighted by Crippen LogP contribution is 2.57. The van der Waals surface area contributed by atoms with E-state index in [0.29, 0.717) is 0 Å². The number of carboxylic acids is 1. The van der Waals surface area contributed by atoms with E-state index in [2.05, 4.69) is 15.5 Å². The van der Waals surface area contributed by atoms with Gasteiger partial charge >= 0.3 is 11.9 Å². The standard InChI is InChI=1S/C17H19N5O7S2/c1-16(2)7-5-30-12-9(11(24)22(12)17(7,13(25)26)29-14(16)27)20-10(23)8(21-28-3)6-4-31-15(18)19-6/h4,7,9,12H,5H2,1-3H3,(H2,18,19)(H,20,23)(H,25,26)/b21-8-/t7?,9-,12-,17?/m1/s1. The zero-order valence-corrected chi connectivity index (χ0v) is 18.3. The van der Waals surface area contributed by atoms with Gasteiger partial charge in [-0.2, -0.15) is 0 Å². The number of nitrogens with zero attached hydrogens (tertiary/aromatic N) is 3. The van der Waals surface area contributed by atoms with Gasteiger partial charge in [-0.15, -0.1) is 23.1 Å². The van der Waals surface area contributed by atoms with Crippen LogP contribution in [0.15, 0.2) is 10.5 Å². The van der Waals surface area contributed by atoms with Gasteiger partial charge in [0.2, 0.25) is 0 Å². The summed E-state index contributed by atoms with van der Waals surface area (Å²) >= 11 is 2.38. The third kappa shape index (κ3) is 2.88. The molecule has 3 saturated heterocycles. The molecule has 3 aliphatic heterocycles. The average molecular weight is 470 g/mol. The van der Waals surface area contributed by atoms with Gasteiger partial charge in [-0.1, -0.05) is 5.16 Å². The summed E-state index contributed by atoms with van der Waals surface area (Å²) in [5.74, 6) is -3.99. The summed E-state index contributed by atoms with van der Waals surface area (Å²) in [6, 6.07) is -1.03. The van der Waals surface area contributed by atoms with Crippen molar-refractivity contribution in [2.24, 2.45) is 16.5 Å². The van der Waals surface area contributed by atoms with Crippen molar-refractivity contribution in [1.82, 2.24) is 15.2 Å². The number of nitrogens with two attached hydrogens (primary N) is 1. The monoisotopic (exact) mass is 469 g/mol. The van der Waals surface area contributed by atoms with Crippen molar-refractivity contribution in [2.75, 3.05) is 18.6 Å². The molecule has 0 radical (unpaired) electrons. The van der Waals surface area contributed by atoms with Gasteiger partial charge in [0.25, 0.3) is 17.5 Å². The zero-order chi connectivity index (χ0) is 22.7. The number of hydrogen-bond acceptors (Lipinski definition) is 11. The number of anilines is 1. The van der Waals surface area contributed by atoms with Crippen LogP contribution in [0.3, 0.4) is 0 Å². The summed E-state index contributed by atoms with van der Waals surface area (Å²) in [5.41, 5.74) is 2.43. The first-order valence-corrected chi connectivity index (χ1v) is 11.0. The lowest BCUT2D eigenvalue weighted by Gasteiger charge is -2.57. The van der Waals surface area contributed by atoms with Crippen molar-refractivity contribution in [3.8, 4) is 0 Å². The number of carboxylic acid groups (broad SMARTS) is 1. The van der Waals surface area contributed by atoms with Crippen molar-refractivity contribution in [2.45, 2.75) is 31.0 Å². The van der Waals surface area contributed by atoms with Crippen molar-refractivity contribution in [3.63, 3.8) is 0 Å². The number of ether oxygens (including phenoxy) is 1. The van der Waals surface area contributed by atoms with E-state index in [9.17, 15) is 24.3 Å². The molecule has 4 atom stereocenters. The van der Waals surface area contributed by atoms with E-state index in [1.807, 2.05) is 0 Å². The van der Waals surface area contributed by atoms with Gasteiger partial charge < -0.3 is 25.7 Å². The van der Waals surface area contributed by atoms with E-state index in [4.69, 9.17) is 15.3 Å². The lowest BCUT2D eigenvalue weighted by molar-refractivity contribution is -0.216. The van der Waals surface area contributed by atoms with Crippen LogP contribution in [0.2, 0.25) is 0 Å². The van der Waals surface area contributed by atoms with E-state index < -0.39 is 52.2 Å².